The van der Waals surface area contributed by atoms with E-state index < -0.39 is 0 Å². The lowest BCUT2D eigenvalue weighted by molar-refractivity contribution is -0.670. The Morgan fingerprint density at radius 3 is 2.32 bits per heavy atom. The Labute approximate surface area is 145 Å². The van der Waals surface area contributed by atoms with E-state index in [1.54, 1.807) is 0 Å². The number of nitrogens with zero attached hydrogens (tertiary/aromatic N) is 3. The van der Waals surface area contributed by atoms with E-state index in [9.17, 15) is 0 Å². The van der Waals surface area contributed by atoms with E-state index in [-0.39, 0.29) is 0 Å². The molecule has 118 valence electrons. The van der Waals surface area contributed by atoms with E-state index in [1.807, 2.05) is 0 Å². The molecule has 5 aromatic rings. The van der Waals surface area contributed by atoms with Gasteiger partial charge in [-0.1, -0.05) is 48.5 Å². The van der Waals surface area contributed by atoms with Gasteiger partial charge in [-0.2, -0.15) is 4.40 Å². The third-order valence-electron chi connectivity index (χ3n) is 5.19. The predicted molar refractivity (Wildman–Crippen MR) is 99.0 cm³/mol. The second kappa shape index (κ2) is 4.61. The van der Waals surface area contributed by atoms with Crippen molar-refractivity contribution in [2.24, 2.45) is 0 Å². The zero-order chi connectivity index (χ0) is 16.4. The fraction of sp³-hybridized carbons (Fsp3) is 0.0455. The van der Waals surface area contributed by atoms with Crippen molar-refractivity contribution in [1.29, 1.82) is 0 Å². The van der Waals surface area contributed by atoms with E-state index in [0.29, 0.717) is 0 Å². The molecule has 0 amide bonds. The van der Waals surface area contributed by atoms with Crippen molar-refractivity contribution in [2.45, 2.75) is 6.54 Å². The molecule has 3 heterocycles. The van der Waals surface area contributed by atoms with Gasteiger partial charge in [0, 0.05) is 11.3 Å². The molecule has 0 N–H and O–H groups in total. The van der Waals surface area contributed by atoms with E-state index >= 15 is 0 Å². The molecule has 3 nitrogen and oxygen atoms in total. The number of aromatic nitrogens is 3. The Morgan fingerprint density at radius 2 is 1.44 bits per heavy atom. The molecule has 25 heavy (non-hydrogen) atoms. The van der Waals surface area contributed by atoms with Crippen molar-refractivity contribution in [2.75, 3.05) is 0 Å². The van der Waals surface area contributed by atoms with E-state index in [1.165, 1.54) is 39.3 Å². The maximum Gasteiger partial charge on any atom is 0.296 e. The van der Waals surface area contributed by atoms with Crippen LogP contribution in [-0.2, 0) is 6.54 Å². The van der Waals surface area contributed by atoms with Crippen LogP contribution in [0.3, 0.4) is 0 Å². The molecule has 1 aliphatic heterocycles. The molecular formula is C22H16N3+. The summed E-state index contributed by atoms with van der Waals surface area (Å²) in [4.78, 5) is 0. The second-order valence-electron chi connectivity index (χ2n) is 6.59. The second-order valence-corrected chi connectivity index (χ2v) is 6.59. The summed E-state index contributed by atoms with van der Waals surface area (Å²) in [7, 11) is 0. The first-order chi connectivity index (χ1) is 12.4. The molecule has 3 aromatic carbocycles. The molecule has 0 spiro atoms. The van der Waals surface area contributed by atoms with Gasteiger partial charge in [0.05, 0.1) is 11.1 Å². The topological polar surface area (TPSA) is 13.2 Å². The van der Waals surface area contributed by atoms with Crippen LogP contribution in [0.4, 0.5) is 0 Å². The Morgan fingerprint density at radius 1 is 0.720 bits per heavy atom. The SMILES string of the molecule is c1ccc(-n2c3ccccc3n3c4[n+](cc23)Cc2ccccc2-4)cc1. The first kappa shape index (κ1) is 13.0. The summed E-state index contributed by atoms with van der Waals surface area (Å²) in [6, 6.07) is 28.0. The summed E-state index contributed by atoms with van der Waals surface area (Å²) in [6.07, 6.45) is 2.28. The third-order valence-corrected chi connectivity index (χ3v) is 5.19. The van der Waals surface area contributed by atoms with Gasteiger partial charge in [0.1, 0.15) is 6.54 Å². The van der Waals surface area contributed by atoms with Gasteiger partial charge in [-0.3, -0.25) is 4.57 Å². The largest absolute Gasteiger partial charge is 0.296 e. The lowest BCUT2D eigenvalue weighted by atomic mass is 10.1. The van der Waals surface area contributed by atoms with Crippen LogP contribution in [0.25, 0.3) is 33.8 Å². The first-order valence-electron chi connectivity index (χ1n) is 8.60. The Hall–Kier alpha value is -3.33. The molecular weight excluding hydrogens is 306 g/mol. The fourth-order valence-electron chi connectivity index (χ4n) is 4.16. The standard InChI is InChI=1S/C22H16N3/c1-2-9-17(10-3-1)24-19-12-6-7-13-20(19)25-21(24)15-23-14-16-8-4-5-11-18(16)22(23)25/h1-13,15H,14H2/q+1. The Bertz CT molecular complexity index is 1260. The fourth-order valence-corrected chi connectivity index (χ4v) is 4.16. The zero-order valence-electron chi connectivity index (χ0n) is 13.6. The number of hydrogen-bond donors (Lipinski definition) is 0. The summed E-state index contributed by atoms with van der Waals surface area (Å²) < 4.78 is 7.11. The molecule has 2 aromatic heterocycles. The maximum atomic E-state index is 2.40. The van der Waals surface area contributed by atoms with Gasteiger partial charge in [-0.15, -0.1) is 0 Å². The van der Waals surface area contributed by atoms with Crippen molar-refractivity contribution in [3.05, 3.63) is 90.6 Å². The Kier molecular flexibility index (Phi) is 2.40. The van der Waals surface area contributed by atoms with Crippen LogP contribution in [-0.4, -0.2) is 8.97 Å². The minimum absolute atomic E-state index is 0.941. The lowest BCUT2D eigenvalue weighted by Crippen LogP contribution is -2.29. The number of hydrogen-bond acceptors (Lipinski definition) is 0. The molecule has 0 bridgehead atoms. The van der Waals surface area contributed by atoms with Gasteiger partial charge in [0.15, 0.2) is 11.7 Å². The van der Waals surface area contributed by atoms with Crippen LogP contribution < -0.4 is 4.57 Å². The van der Waals surface area contributed by atoms with E-state index in [2.05, 4.69) is 98.6 Å². The molecule has 0 saturated heterocycles. The van der Waals surface area contributed by atoms with Crippen LogP contribution in [0.5, 0.6) is 0 Å². The van der Waals surface area contributed by atoms with Crippen molar-refractivity contribution < 1.29 is 4.57 Å². The summed E-state index contributed by atoms with van der Waals surface area (Å²) >= 11 is 0. The van der Waals surface area contributed by atoms with Crippen LogP contribution in [0, 0.1) is 0 Å². The zero-order valence-corrected chi connectivity index (χ0v) is 13.6. The van der Waals surface area contributed by atoms with Crippen molar-refractivity contribution in [3.63, 3.8) is 0 Å². The van der Waals surface area contributed by atoms with Gasteiger partial charge in [-0.25, -0.2) is 4.57 Å². The van der Waals surface area contributed by atoms with Crippen LogP contribution in [0.2, 0.25) is 0 Å². The van der Waals surface area contributed by atoms with Crippen LogP contribution in [0.1, 0.15) is 5.56 Å². The van der Waals surface area contributed by atoms with Gasteiger partial charge >= 0.3 is 0 Å². The normalized spacial score (nSPS) is 12.6. The Balaban J connectivity index is 1.81. The summed E-state index contributed by atoms with van der Waals surface area (Å²) in [6.45, 7) is 0.941. The van der Waals surface area contributed by atoms with E-state index in [0.717, 1.165) is 6.54 Å². The lowest BCUT2D eigenvalue weighted by Gasteiger charge is -2.02. The number of fused-ring (bicyclic) bond motifs is 7. The minimum Gasteiger partial charge on any atom is -0.270 e. The number of benzene rings is 3. The molecule has 0 atom stereocenters. The molecule has 6 rings (SSSR count). The monoisotopic (exact) mass is 322 g/mol. The molecule has 3 heteroatoms. The maximum absolute atomic E-state index is 2.40. The molecule has 0 fully saturated rings. The highest BCUT2D eigenvalue weighted by Crippen LogP contribution is 2.33. The van der Waals surface area contributed by atoms with Crippen LogP contribution >= 0.6 is 0 Å². The molecule has 0 radical (unpaired) electrons. The highest BCUT2D eigenvalue weighted by atomic mass is 15.2. The highest BCUT2D eigenvalue weighted by Gasteiger charge is 2.33. The van der Waals surface area contributed by atoms with E-state index in [4.69, 9.17) is 0 Å². The molecule has 0 saturated carbocycles. The number of para-hydroxylation sites is 3. The summed E-state index contributed by atoms with van der Waals surface area (Å²) in [5, 5.41) is 0. The van der Waals surface area contributed by atoms with Crippen molar-refractivity contribution in [3.8, 4) is 17.1 Å². The van der Waals surface area contributed by atoms with Crippen molar-refractivity contribution >= 4 is 16.7 Å². The molecule has 0 unspecified atom stereocenters. The van der Waals surface area contributed by atoms with Crippen LogP contribution in [0.15, 0.2) is 85.1 Å². The quantitative estimate of drug-likeness (QED) is 0.403. The van der Waals surface area contributed by atoms with Gasteiger partial charge in [0.25, 0.3) is 11.5 Å². The average molecular weight is 322 g/mol. The number of imidazole rings is 2. The molecule has 0 aliphatic carbocycles. The third kappa shape index (κ3) is 1.62. The smallest absolute Gasteiger partial charge is 0.270 e. The molecule has 1 aliphatic rings. The van der Waals surface area contributed by atoms with Gasteiger partial charge in [-0.05, 0) is 30.3 Å². The van der Waals surface area contributed by atoms with Gasteiger partial charge in [0.2, 0.25) is 0 Å². The summed E-state index contributed by atoms with van der Waals surface area (Å²) in [5.74, 6) is 1.27. The van der Waals surface area contributed by atoms with Crippen molar-refractivity contribution in [1.82, 2.24) is 8.97 Å². The summed E-state index contributed by atoms with van der Waals surface area (Å²) in [5.41, 5.74) is 7.60. The number of rotatable bonds is 1. The first-order valence-corrected chi connectivity index (χ1v) is 8.60. The predicted octanol–water partition coefficient (Wildman–Crippen LogP) is 4.20. The van der Waals surface area contributed by atoms with Gasteiger partial charge < -0.3 is 0 Å². The highest BCUT2D eigenvalue weighted by molar-refractivity contribution is 5.86. The minimum atomic E-state index is 0.941. The average Bonchev–Trinajstić information content (AvgIpc) is 3.28.